The number of nitriles is 1. The van der Waals surface area contributed by atoms with E-state index in [1.165, 1.54) is 0 Å². The summed E-state index contributed by atoms with van der Waals surface area (Å²) in [6.45, 7) is 0. The minimum Gasteiger partial charge on any atom is -0.207 e. The Kier molecular flexibility index (Phi) is 3.75. The number of nitrogens with one attached hydrogen (secondary N) is 1. The van der Waals surface area contributed by atoms with Gasteiger partial charge in [0.2, 0.25) is 10.0 Å². The van der Waals surface area contributed by atoms with Crippen molar-refractivity contribution in [1.29, 1.82) is 5.26 Å². The van der Waals surface area contributed by atoms with E-state index in [-0.39, 0.29) is 25.0 Å². The summed E-state index contributed by atoms with van der Waals surface area (Å²) >= 11 is 0. The first kappa shape index (κ1) is 14.8. The maximum Gasteiger partial charge on any atom is 0.247 e. The molecule has 1 N–H and O–H groups in total. The average Bonchev–Trinajstić information content (AvgIpc) is 2.75. The second-order valence-electron chi connectivity index (χ2n) is 4.71. The molecular weight excluding hydrogens is 293 g/mol. The molecule has 0 amide bonds. The minimum atomic E-state index is -4.58. The Hall–Kier alpha value is -1.59. The summed E-state index contributed by atoms with van der Waals surface area (Å²) in [6.07, 6.45) is 1.83. The molecule has 1 aromatic rings. The quantitative estimate of drug-likeness (QED) is 0.931. The zero-order chi connectivity index (χ0) is 15.0. The first-order valence-electron chi connectivity index (χ1n) is 5.89. The molecule has 4 nitrogen and oxygen atoms in total. The monoisotopic (exact) mass is 304 g/mol. The van der Waals surface area contributed by atoms with Crippen molar-refractivity contribution in [2.45, 2.75) is 36.1 Å². The van der Waals surface area contributed by atoms with Gasteiger partial charge in [0.05, 0.1) is 6.07 Å². The van der Waals surface area contributed by atoms with Crippen LogP contribution >= 0.6 is 0 Å². The maximum absolute atomic E-state index is 13.5. The van der Waals surface area contributed by atoms with E-state index in [4.69, 9.17) is 5.26 Å². The zero-order valence-corrected chi connectivity index (χ0v) is 11.1. The van der Waals surface area contributed by atoms with Gasteiger partial charge in [-0.2, -0.15) is 9.98 Å². The molecule has 1 aromatic carbocycles. The van der Waals surface area contributed by atoms with E-state index in [1.54, 1.807) is 0 Å². The van der Waals surface area contributed by atoms with E-state index >= 15 is 0 Å². The van der Waals surface area contributed by atoms with Crippen molar-refractivity contribution < 1.29 is 21.6 Å². The molecule has 0 bridgehead atoms. The number of nitrogens with zero attached hydrogens (tertiary/aromatic N) is 1. The lowest BCUT2D eigenvalue weighted by Crippen LogP contribution is -2.45. The number of halogens is 3. The number of hydrogen-bond acceptors (Lipinski definition) is 3. The maximum atomic E-state index is 13.5. The van der Waals surface area contributed by atoms with E-state index in [0.717, 1.165) is 0 Å². The Morgan fingerprint density at radius 1 is 1.15 bits per heavy atom. The van der Waals surface area contributed by atoms with Crippen LogP contribution in [0.3, 0.4) is 0 Å². The van der Waals surface area contributed by atoms with E-state index < -0.39 is 37.9 Å². The van der Waals surface area contributed by atoms with Gasteiger partial charge < -0.3 is 0 Å². The summed E-state index contributed by atoms with van der Waals surface area (Å²) in [7, 11) is -4.58. The second kappa shape index (κ2) is 5.07. The van der Waals surface area contributed by atoms with E-state index in [0.29, 0.717) is 12.8 Å². The highest BCUT2D eigenvalue weighted by Gasteiger charge is 2.40. The van der Waals surface area contributed by atoms with Gasteiger partial charge in [-0.25, -0.2) is 21.6 Å². The lowest BCUT2D eigenvalue weighted by atomic mass is 10.0. The largest absolute Gasteiger partial charge is 0.247 e. The topological polar surface area (TPSA) is 70.0 Å². The van der Waals surface area contributed by atoms with Crippen LogP contribution in [0.1, 0.15) is 25.7 Å². The van der Waals surface area contributed by atoms with Gasteiger partial charge in [-0.1, -0.05) is 12.8 Å². The van der Waals surface area contributed by atoms with Gasteiger partial charge in [-0.05, 0) is 12.8 Å². The minimum absolute atomic E-state index is 0.271. The molecule has 0 aromatic heterocycles. The van der Waals surface area contributed by atoms with Gasteiger partial charge in [0.25, 0.3) is 0 Å². The van der Waals surface area contributed by atoms with E-state index in [9.17, 15) is 21.6 Å². The molecule has 0 atom stereocenters. The van der Waals surface area contributed by atoms with Gasteiger partial charge in [-0.3, -0.25) is 0 Å². The van der Waals surface area contributed by atoms with Crippen LogP contribution in [-0.2, 0) is 10.0 Å². The summed E-state index contributed by atoms with van der Waals surface area (Å²) in [5.74, 6) is -4.27. The summed E-state index contributed by atoms with van der Waals surface area (Å²) in [5.41, 5.74) is -1.36. The van der Waals surface area contributed by atoms with Crippen molar-refractivity contribution in [2.24, 2.45) is 0 Å². The van der Waals surface area contributed by atoms with Gasteiger partial charge in [-0.15, -0.1) is 0 Å². The van der Waals surface area contributed by atoms with Crippen LogP contribution in [0.4, 0.5) is 13.2 Å². The molecule has 108 valence electrons. The SMILES string of the molecule is N#CC1(NS(=O)(=O)c2c(F)cc(F)cc2F)CCCC1. The summed E-state index contributed by atoms with van der Waals surface area (Å²) < 4.78 is 66.0. The van der Waals surface area contributed by atoms with Crippen molar-refractivity contribution in [2.75, 3.05) is 0 Å². The molecule has 0 heterocycles. The Morgan fingerprint density at radius 3 is 2.10 bits per heavy atom. The van der Waals surface area contributed by atoms with Crippen molar-refractivity contribution in [3.05, 3.63) is 29.6 Å². The van der Waals surface area contributed by atoms with Gasteiger partial charge in [0.15, 0.2) is 4.90 Å². The second-order valence-corrected chi connectivity index (χ2v) is 6.32. The molecule has 1 aliphatic carbocycles. The van der Waals surface area contributed by atoms with E-state index in [1.807, 2.05) is 10.8 Å². The highest BCUT2D eigenvalue weighted by molar-refractivity contribution is 7.89. The number of rotatable bonds is 3. The average molecular weight is 304 g/mol. The van der Waals surface area contributed by atoms with Crippen molar-refractivity contribution >= 4 is 10.0 Å². The third-order valence-electron chi connectivity index (χ3n) is 3.23. The fourth-order valence-electron chi connectivity index (χ4n) is 2.31. The van der Waals surface area contributed by atoms with Crippen LogP contribution in [-0.4, -0.2) is 14.0 Å². The molecule has 1 fully saturated rings. The van der Waals surface area contributed by atoms with E-state index in [2.05, 4.69) is 0 Å². The standard InChI is InChI=1S/C12H11F3N2O2S/c13-8-5-9(14)11(10(15)6-8)20(18,19)17-12(7-16)3-1-2-4-12/h5-6,17H,1-4H2. The van der Waals surface area contributed by atoms with Crippen LogP contribution in [0.5, 0.6) is 0 Å². The van der Waals surface area contributed by atoms with Crippen LogP contribution in [0, 0.1) is 28.8 Å². The van der Waals surface area contributed by atoms with Gasteiger partial charge >= 0.3 is 0 Å². The number of sulfonamides is 1. The molecule has 20 heavy (non-hydrogen) atoms. The van der Waals surface area contributed by atoms with Crippen LogP contribution < -0.4 is 4.72 Å². The summed E-state index contributed by atoms with van der Waals surface area (Å²) in [6, 6.07) is 2.41. The van der Waals surface area contributed by atoms with Crippen LogP contribution in [0.25, 0.3) is 0 Å². The Morgan fingerprint density at radius 2 is 1.65 bits per heavy atom. The molecular formula is C12H11F3N2O2S. The van der Waals surface area contributed by atoms with Crippen molar-refractivity contribution in [3.63, 3.8) is 0 Å². The Balaban J connectivity index is 2.44. The zero-order valence-electron chi connectivity index (χ0n) is 10.3. The summed E-state index contributed by atoms with van der Waals surface area (Å²) in [4.78, 5) is -1.26. The third-order valence-corrected chi connectivity index (χ3v) is 4.82. The Bertz CT molecular complexity index is 653. The van der Waals surface area contributed by atoms with Crippen molar-refractivity contribution in [1.82, 2.24) is 4.72 Å². The van der Waals surface area contributed by atoms with Gasteiger partial charge in [0, 0.05) is 12.1 Å². The molecule has 0 radical (unpaired) electrons. The molecule has 0 saturated heterocycles. The third kappa shape index (κ3) is 2.64. The number of hydrogen-bond donors (Lipinski definition) is 1. The Labute approximate surface area is 114 Å². The molecule has 0 aliphatic heterocycles. The van der Waals surface area contributed by atoms with Gasteiger partial charge in [0.1, 0.15) is 23.0 Å². The highest BCUT2D eigenvalue weighted by atomic mass is 32.2. The predicted octanol–water partition coefficient (Wildman–Crippen LogP) is 2.22. The molecule has 1 saturated carbocycles. The molecule has 1 aliphatic rings. The van der Waals surface area contributed by atoms with Crippen LogP contribution in [0.15, 0.2) is 17.0 Å². The first-order chi connectivity index (χ1) is 9.30. The molecule has 0 unspecified atom stereocenters. The first-order valence-corrected chi connectivity index (χ1v) is 7.38. The van der Waals surface area contributed by atoms with Crippen LogP contribution in [0.2, 0.25) is 0 Å². The smallest absolute Gasteiger partial charge is 0.207 e. The fraction of sp³-hybridized carbons (Fsp3) is 0.417. The lowest BCUT2D eigenvalue weighted by molar-refractivity contribution is 0.465. The lowest BCUT2D eigenvalue weighted by Gasteiger charge is -2.22. The molecule has 8 heteroatoms. The normalized spacial score (nSPS) is 17.9. The fourth-order valence-corrected chi connectivity index (χ4v) is 3.81. The number of benzene rings is 1. The highest BCUT2D eigenvalue weighted by Crippen LogP contribution is 2.31. The molecule has 0 spiro atoms. The summed E-state index contributed by atoms with van der Waals surface area (Å²) in [5, 5.41) is 9.09. The van der Waals surface area contributed by atoms with Crippen molar-refractivity contribution in [3.8, 4) is 6.07 Å². The molecule has 2 rings (SSSR count). The predicted molar refractivity (Wildman–Crippen MR) is 63.4 cm³/mol.